The van der Waals surface area contributed by atoms with Crippen molar-refractivity contribution in [2.24, 2.45) is 5.41 Å². The summed E-state index contributed by atoms with van der Waals surface area (Å²) in [4.78, 5) is 14.2. The molecule has 4 heteroatoms. The molecule has 1 aliphatic carbocycles. The predicted molar refractivity (Wildman–Crippen MR) is 72.0 cm³/mol. The molecule has 1 saturated heterocycles. The third-order valence-corrected chi connectivity index (χ3v) is 5.43. The number of hydrogen-bond donors (Lipinski definition) is 1. The third kappa shape index (κ3) is 2.08. The Hall–Kier alpha value is -0.870. The number of rotatable bonds is 2. The number of amides is 1. The van der Waals surface area contributed by atoms with Crippen molar-refractivity contribution in [3.63, 3.8) is 0 Å². The summed E-state index contributed by atoms with van der Waals surface area (Å²) >= 11 is 1.57. The monoisotopic (exact) mass is 265 g/mol. The fourth-order valence-electron chi connectivity index (χ4n) is 3.08. The average Bonchev–Trinajstić information content (AvgIpc) is 2.82. The van der Waals surface area contributed by atoms with Gasteiger partial charge in [-0.05, 0) is 50.2 Å². The molecule has 1 atom stereocenters. The maximum absolute atomic E-state index is 12.2. The molecule has 0 aromatic carbocycles. The largest absolute Gasteiger partial charge is 0.381 e. The van der Waals surface area contributed by atoms with Crippen LogP contribution in [-0.2, 0) is 4.74 Å². The molecular formula is C14H19NO2S. The van der Waals surface area contributed by atoms with E-state index in [0.717, 1.165) is 37.4 Å². The molecule has 1 N–H and O–H groups in total. The van der Waals surface area contributed by atoms with Crippen molar-refractivity contribution in [3.8, 4) is 0 Å². The summed E-state index contributed by atoms with van der Waals surface area (Å²) in [5.74, 6) is 0.101. The van der Waals surface area contributed by atoms with Crippen LogP contribution in [0.1, 0.15) is 40.2 Å². The van der Waals surface area contributed by atoms with Crippen LogP contribution in [-0.4, -0.2) is 25.2 Å². The van der Waals surface area contributed by atoms with Gasteiger partial charge in [0.2, 0.25) is 0 Å². The highest BCUT2D eigenvalue weighted by atomic mass is 32.1. The van der Waals surface area contributed by atoms with E-state index in [4.69, 9.17) is 4.74 Å². The molecule has 1 spiro atoms. The molecule has 0 bridgehead atoms. The normalized spacial score (nSPS) is 25.7. The van der Waals surface area contributed by atoms with Gasteiger partial charge < -0.3 is 10.1 Å². The first-order chi connectivity index (χ1) is 8.70. The Kier molecular flexibility index (Phi) is 3.16. The van der Waals surface area contributed by atoms with Crippen LogP contribution in [0, 0.1) is 12.3 Å². The summed E-state index contributed by atoms with van der Waals surface area (Å²) in [7, 11) is 0. The van der Waals surface area contributed by atoms with Crippen molar-refractivity contribution < 1.29 is 9.53 Å². The number of aryl methyl sites for hydroxylation is 1. The predicted octanol–water partition coefficient (Wildman–Crippen LogP) is 2.75. The van der Waals surface area contributed by atoms with Gasteiger partial charge in [0.05, 0.1) is 4.88 Å². The molecule has 98 valence electrons. The Bertz CT molecular complexity index is 448. The minimum absolute atomic E-state index is 0.101. The number of nitrogens with one attached hydrogen (secondary N) is 1. The van der Waals surface area contributed by atoms with Gasteiger partial charge in [-0.1, -0.05) is 0 Å². The molecule has 1 saturated carbocycles. The van der Waals surface area contributed by atoms with Gasteiger partial charge in [-0.2, -0.15) is 0 Å². The molecule has 1 aliphatic heterocycles. The van der Waals surface area contributed by atoms with Gasteiger partial charge in [-0.15, -0.1) is 11.3 Å². The minimum Gasteiger partial charge on any atom is -0.381 e. The van der Waals surface area contributed by atoms with E-state index in [1.165, 1.54) is 11.3 Å². The smallest absolute Gasteiger partial charge is 0.261 e. The standard InChI is InChI=1S/C14H19NO2S/c1-10-2-3-11(18-10)13(16)15-12-4-5-14(12)6-8-17-9-7-14/h2-3,12H,4-9H2,1H3,(H,15,16). The Balaban J connectivity index is 1.64. The van der Waals surface area contributed by atoms with Gasteiger partial charge in [-0.25, -0.2) is 0 Å². The van der Waals surface area contributed by atoms with E-state index in [1.54, 1.807) is 11.3 Å². The van der Waals surface area contributed by atoms with E-state index in [-0.39, 0.29) is 5.91 Å². The van der Waals surface area contributed by atoms with Crippen molar-refractivity contribution in [1.29, 1.82) is 0 Å². The maximum atomic E-state index is 12.2. The second-order valence-electron chi connectivity index (χ2n) is 5.45. The SMILES string of the molecule is Cc1ccc(C(=O)NC2CCC23CCOCC3)s1. The van der Waals surface area contributed by atoms with E-state index in [9.17, 15) is 4.79 Å². The van der Waals surface area contributed by atoms with Crippen molar-refractivity contribution >= 4 is 17.2 Å². The second kappa shape index (κ2) is 4.67. The van der Waals surface area contributed by atoms with Crippen LogP contribution in [0.2, 0.25) is 0 Å². The van der Waals surface area contributed by atoms with Crippen LogP contribution in [0.25, 0.3) is 0 Å². The van der Waals surface area contributed by atoms with Crippen molar-refractivity contribution in [1.82, 2.24) is 5.32 Å². The maximum Gasteiger partial charge on any atom is 0.261 e. The lowest BCUT2D eigenvalue weighted by atomic mass is 9.60. The molecular weight excluding hydrogens is 246 g/mol. The molecule has 1 aromatic heterocycles. The third-order valence-electron chi connectivity index (χ3n) is 4.43. The zero-order valence-electron chi connectivity index (χ0n) is 10.7. The lowest BCUT2D eigenvalue weighted by Crippen LogP contribution is -2.57. The van der Waals surface area contributed by atoms with Crippen molar-refractivity contribution in [2.45, 2.75) is 38.6 Å². The summed E-state index contributed by atoms with van der Waals surface area (Å²) in [5.41, 5.74) is 0.334. The zero-order chi connectivity index (χ0) is 12.6. The number of carbonyl (C=O) groups excluding carboxylic acids is 1. The summed E-state index contributed by atoms with van der Waals surface area (Å²) in [6.07, 6.45) is 4.56. The van der Waals surface area contributed by atoms with Crippen LogP contribution in [0.4, 0.5) is 0 Å². The van der Waals surface area contributed by atoms with E-state index >= 15 is 0 Å². The fraction of sp³-hybridized carbons (Fsp3) is 0.643. The first-order valence-corrected chi connectivity index (χ1v) is 7.46. The van der Waals surface area contributed by atoms with Gasteiger partial charge >= 0.3 is 0 Å². The fourth-order valence-corrected chi connectivity index (χ4v) is 3.86. The highest BCUT2D eigenvalue weighted by Gasteiger charge is 2.48. The Morgan fingerprint density at radius 3 is 2.72 bits per heavy atom. The van der Waals surface area contributed by atoms with E-state index in [2.05, 4.69) is 5.32 Å². The molecule has 2 heterocycles. The van der Waals surface area contributed by atoms with Crippen LogP contribution in [0.5, 0.6) is 0 Å². The van der Waals surface area contributed by atoms with Gasteiger partial charge in [0, 0.05) is 24.1 Å². The molecule has 2 fully saturated rings. The Morgan fingerprint density at radius 1 is 1.39 bits per heavy atom. The van der Waals surface area contributed by atoms with Gasteiger partial charge in [-0.3, -0.25) is 4.79 Å². The zero-order valence-corrected chi connectivity index (χ0v) is 11.5. The van der Waals surface area contributed by atoms with Crippen LogP contribution < -0.4 is 5.32 Å². The molecule has 3 rings (SSSR count). The summed E-state index contributed by atoms with van der Waals surface area (Å²) in [6.45, 7) is 3.74. The Morgan fingerprint density at radius 2 is 2.17 bits per heavy atom. The van der Waals surface area contributed by atoms with Crippen molar-refractivity contribution in [2.75, 3.05) is 13.2 Å². The van der Waals surface area contributed by atoms with Crippen LogP contribution >= 0.6 is 11.3 Å². The van der Waals surface area contributed by atoms with Gasteiger partial charge in [0.1, 0.15) is 0 Å². The highest BCUT2D eigenvalue weighted by molar-refractivity contribution is 7.13. The number of hydrogen-bond acceptors (Lipinski definition) is 3. The molecule has 18 heavy (non-hydrogen) atoms. The second-order valence-corrected chi connectivity index (χ2v) is 6.74. The molecule has 3 nitrogen and oxygen atoms in total. The van der Waals surface area contributed by atoms with Gasteiger partial charge in [0.15, 0.2) is 0 Å². The highest BCUT2D eigenvalue weighted by Crippen LogP contribution is 2.48. The lowest BCUT2D eigenvalue weighted by molar-refractivity contribution is -0.0522. The minimum atomic E-state index is 0.101. The van der Waals surface area contributed by atoms with Gasteiger partial charge in [0.25, 0.3) is 5.91 Å². The van der Waals surface area contributed by atoms with Crippen LogP contribution in [0.15, 0.2) is 12.1 Å². The average molecular weight is 265 g/mol. The first-order valence-electron chi connectivity index (χ1n) is 6.65. The summed E-state index contributed by atoms with van der Waals surface area (Å²) in [5, 5.41) is 3.22. The number of thiophene rings is 1. The summed E-state index contributed by atoms with van der Waals surface area (Å²) in [6, 6.07) is 4.28. The molecule has 1 unspecified atom stereocenters. The van der Waals surface area contributed by atoms with E-state index in [1.807, 2.05) is 19.1 Å². The van der Waals surface area contributed by atoms with Crippen LogP contribution in [0.3, 0.4) is 0 Å². The first kappa shape index (κ1) is 12.2. The number of ether oxygens (including phenoxy) is 1. The Labute approximate surface area is 112 Å². The molecule has 0 radical (unpaired) electrons. The topological polar surface area (TPSA) is 38.3 Å². The quantitative estimate of drug-likeness (QED) is 0.893. The van der Waals surface area contributed by atoms with E-state index < -0.39 is 0 Å². The lowest BCUT2D eigenvalue weighted by Gasteiger charge is -2.52. The van der Waals surface area contributed by atoms with E-state index in [0.29, 0.717) is 11.5 Å². The molecule has 1 amide bonds. The van der Waals surface area contributed by atoms with Crippen molar-refractivity contribution in [3.05, 3.63) is 21.9 Å². The number of carbonyl (C=O) groups is 1. The molecule has 1 aromatic rings. The summed E-state index contributed by atoms with van der Waals surface area (Å²) < 4.78 is 5.43. The molecule has 2 aliphatic rings.